The zero-order chi connectivity index (χ0) is 28.1. The molecule has 0 saturated heterocycles. The molecule has 1 aliphatic heterocycles. The van der Waals surface area contributed by atoms with Crippen molar-refractivity contribution in [3.63, 3.8) is 0 Å². The quantitative estimate of drug-likeness (QED) is 0.303. The molecular weight excluding hydrogens is 498 g/mol. The van der Waals surface area contributed by atoms with Crippen LogP contribution >= 0.6 is 0 Å². The van der Waals surface area contributed by atoms with Crippen LogP contribution in [0.1, 0.15) is 69.4 Å². The number of unbranched alkanes of at least 4 members (excludes halogenated alkanes) is 1. The third kappa shape index (κ3) is 5.75. The van der Waals surface area contributed by atoms with E-state index in [9.17, 15) is 14.7 Å². The lowest BCUT2D eigenvalue weighted by Gasteiger charge is -2.37. The van der Waals surface area contributed by atoms with E-state index in [-0.39, 0.29) is 23.9 Å². The topological polar surface area (TPSA) is 103 Å². The van der Waals surface area contributed by atoms with Gasteiger partial charge in [-0.15, -0.1) is 0 Å². The number of ether oxygens (including phenoxy) is 4. The number of benzene rings is 2. The van der Waals surface area contributed by atoms with Crippen LogP contribution in [0.4, 0.5) is 0 Å². The molecule has 2 aromatic carbocycles. The van der Waals surface area contributed by atoms with Gasteiger partial charge in [-0.3, -0.25) is 4.79 Å². The lowest BCUT2D eigenvalue weighted by atomic mass is 9.71. The number of hydrogen-bond acceptors (Lipinski definition) is 8. The standard InChI is InChI=1S/C31H37NO7/c1-6-8-13-39-31(35)28-18(3)32-22-14-21(19-10-12-25(36-4)27(16-19)37-5)15-24(34)30(22)29(28)20-9-11-23(33)26(17-20)38-7-2/h9-12,16-17,21,29,32-33H,6-8,13-15H2,1-5H3/t21-,29-/m1/s1. The molecule has 0 amide bonds. The van der Waals surface area contributed by atoms with Gasteiger partial charge in [-0.25, -0.2) is 4.79 Å². The summed E-state index contributed by atoms with van der Waals surface area (Å²) in [6, 6.07) is 10.7. The van der Waals surface area contributed by atoms with Gasteiger partial charge in [0.2, 0.25) is 0 Å². The Labute approximate surface area is 229 Å². The first kappa shape index (κ1) is 28.1. The number of nitrogens with one attached hydrogen (secondary N) is 1. The van der Waals surface area contributed by atoms with Crippen molar-refractivity contribution in [2.24, 2.45) is 0 Å². The first-order valence-corrected chi connectivity index (χ1v) is 13.4. The van der Waals surface area contributed by atoms with Crippen LogP contribution in [-0.2, 0) is 14.3 Å². The number of rotatable bonds is 10. The Morgan fingerprint density at radius 1 is 1.00 bits per heavy atom. The van der Waals surface area contributed by atoms with Crippen molar-refractivity contribution in [3.05, 3.63) is 70.1 Å². The zero-order valence-electron chi connectivity index (χ0n) is 23.3. The average molecular weight is 536 g/mol. The Kier molecular flexibility index (Phi) is 8.84. The lowest BCUT2D eigenvalue weighted by Crippen LogP contribution is -2.36. The average Bonchev–Trinajstić information content (AvgIpc) is 2.93. The number of aromatic hydroxyl groups is 1. The highest BCUT2D eigenvalue weighted by Gasteiger charge is 2.41. The second-order valence-electron chi connectivity index (χ2n) is 9.78. The molecule has 8 nitrogen and oxygen atoms in total. The number of hydrogen-bond donors (Lipinski definition) is 2. The monoisotopic (exact) mass is 535 g/mol. The van der Waals surface area contributed by atoms with E-state index in [2.05, 4.69) is 5.32 Å². The van der Waals surface area contributed by atoms with Gasteiger partial charge >= 0.3 is 5.97 Å². The fraction of sp³-hybridized carbons (Fsp3) is 0.419. The molecule has 0 aromatic heterocycles. The predicted octanol–water partition coefficient (Wildman–Crippen LogP) is 5.51. The van der Waals surface area contributed by atoms with Crippen LogP contribution in [0.15, 0.2) is 58.9 Å². The fourth-order valence-electron chi connectivity index (χ4n) is 5.35. The number of allylic oxidation sites excluding steroid dienone is 3. The summed E-state index contributed by atoms with van der Waals surface area (Å²) in [6.45, 7) is 6.36. The van der Waals surface area contributed by atoms with Gasteiger partial charge in [0, 0.05) is 29.3 Å². The van der Waals surface area contributed by atoms with Crippen LogP contribution in [0.25, 0.3) is 0 Å². The summed E-state index contributed by atoms with van der Waals surface area (Å²) < 4.78 is 22.1. The summed E-state index contributed by atoms with van der Waals surface area (Å²) in [5, 5.41) is 13.7. The molecule has 0 unspecified atom stereocenters. The number of phenols is 1. The molecule has 4 rings (SSSR count). The van der Waals surface area contributed by atoms with Crippen molar-refractivity contribution in [3.8, 4) is 23.0 Å². The third-order valence-electron chi connectivity index (χ3n) is 7.27. The number of carbonyl (C=O) groups is 2. The van der Waals surface area contributed by atoms with Crippen molar-refractivity contribution >= 4 is 11.8 Å². The Morgan fingerprint density at radius 2 is 1.72 bits per heavy atom. The van der Waals surface area contributed by atoms with E-state index in [4.69, 9.17) is 18.9 Å². The number of Topliss-reactive ketones (excluding diaryl/α,β-unsaturated/α-hetero) is 1. The van der Waals surface area contributed by atoms with Gasteiger partial charge in [-0.2, -0.15) is 0 Å². The van der Waals surface area contributed by atoms with Crippen LogP contribution in [0.5, 0.6) is 23.0 Å². The summed E-state index contributed by atoms with van der Waals surface area (Å²) in [4.78, 5) is 27.3. The van der Waals surface area contributed by atoms with Crippen molar-refractivity contribution in [1.82, 2.24) is 5.32 Å². The number of dihydropyridines is 1. The maximum atomic E-state index is 13.9. The lowest BCUT2D eigenvalue weighted by molar-refractivity contribution is -0.139. The van der Waals surface area contributed by atoms with E-state index in [0.29, 0.717) is 59.3 Å². The van der Waals surface area contributed by atoms with Gasteiger partial charge in [0.25, 0.3) is 0 Å². The number of esters is 1. The van der Waals surface area contributed by atoms with E-state index < -0.39 is 11.9 Å². The highest BCUT2D eigenvalue weighted by molar-refractivity contribution is 6.04. The van der Waals surface area contributed by atoms with Gasteiger partial charge in [-0.05, 0) is 68.0 Å². The molecule has 1 heterocycles. The smallest absolute Gasteiger partial charge is 0.336 e. The second-order valence-corrected chi connectivity index (χ2v) is 9.78. The summed E-state index contributed by atoms with van der Waals surface area (Å²) in [5.41, 5.74) is 4.03. The third-order valence-corrected chi connectivity index (χ3v) is 7.27. The minimum Gasteiger partial charge on any atom is -0.504 e. The molecule has 8 heteroatoms. The van der Waals surface area contributed by atoms with Crippen molar-refractivity contribution < 1.29 is 33.6 Å². The van der Waals surface area contributed by atoms with Gasteiger partial charge in [-0.1, -0.05) is 25.5 Å². The van der Waals surface area contributed by atoms with E-state index >= 15 is 0 Å². The predicted molar refractivity (Wildman–Crippen MR) is 147 cm³/mol. The summed E-state index contributed by atoms with van der Waals surface area (Å²) in [7, 11) is 3.18. The number of ketones is 1. The molecule has 2 atom stereocenters. The summed E-state index contributed by atoms with van der Waals surface area (Å²) in [5.74, 6) is 0.317. The Balaban J connectivity index is 1.77. The SMILES string of the molecule is CCCCOC(=O)C1=C(C)NC2=C(C(=O)C[C@H](c3ccc(OC)c(OC)c3)C2)[C@@H]1c1ccc(O)c(OCC)c1. The molecule has 2 aromatic rings. The maximum absolute atomic E-state index is 13.9. The van der Waals surface area contributed by atoms with Crippen LogP contribution in [0.2, 0.25) is 0 Å². The van der Waals surface area contributed by atoms with Gasteiger partial charge in [0.05, 0.1) is 33.0 Å². The highest BCUT2D eigenvalue weighted by atomic mass is 16.5. The molecule has 0 saturated carbocycles. The second kappa shape index (κ2) is 12.3. The van der Waals surface area contributed by atoms with Crippen LogP contribution in [-0.4, -0.2) is 44.3 Å². The highest BCUT2D eigenvalue weighted by Crippen LogP contribution is 2.47. The van der Waals surface area contributed by atoms with E-state index in [0.717, 1.165) is 24.1 Å². The van der Waals surface area contributed by atoms with Gasteiger partial charge in [0.1, 0.15) is 0 Å². The first-order valence-electron chi connectivity index (χ1n) is 13.4. The number of carbonyl (C=O) groups excluding carboxylic acids is 2. The zero-order valence-corrected chi connectivity index (χ0v) is 23.3. The molecule has 0 radical (unpaired) electrons. The molecular formula is C31H37NO7. The van der Waals surface area contributed by atoms with Gasteiger partial charge < -0.3 is 29.4 Å². The minimum absolute atomic E-state index is 0.000000829. The van der Waals surface area contributed by atoms with Crippen molar-refractivity contribution in [1.29, 1.82) is 0 Å². The van der Waals surface area contributed by atoms with Crippen molar-refractivity contribution in [2.75, 3.05) is 27.4 Å². The molecule has 2 N–H and O–H groups in total. The molecule has 0 spiro atoms. The van der Waals surface area contributed by atoms with Crippen LogP contribution in [0.3, 0.4) is 0 Å². The Hall–Kier alpha value is -3.94. The summed E-state index contributed by atoms with van der Waals surface area (Å²) in [6.07, 6.45) is 2.51. The number of methoxy groups -OCH3 is 2. The largest absolute Gasteiger partial charge is 0.504 e. The Morgan fingerprint density at radius 3 is 2.41 bits per heavy atom. The van der Waals surface area contributed by atoms with Gasteiger partial charge in [0.15, 0.2) is 28.8 Å². The molecule has 2 aliphatic rings. The number of phenolic OH excluding ortho intramolecular Hbond substituents is 1. The summed E-state index contributed by atoms with van der Waals surface area (Å²) >= 11 is 0. The molecule has 1 aliphatic carbocycles. The van der Waals surface area contributed by atoms with Crippen LogP contribution in [0, 0.1) is 0 Å². The van der Waals surface area contributed by atoms with Crippen LogP contribution < -0.4 is 19.5 Å². The maximum Gasteiger partial charge on any atom is 0.336 e. The minimum atomic E-state index is -0.644. The van der Waals surface area contributed by atoms with E-state index in [1.807, 2.05) is 39.0 Å². The molecule has 208 valence electrons. The molecule has 39 heavy (non-hydrogen) atoms. The van der Waals surface area contributed by atoms with E-state index in [1.54, 1.807) is 26.4 Å². The Bertz CT molecular complexity index is 1310. The normalized spacial score (nSPS) is 18.8. The first-order chi connectivity index (χ1) is 18.8. The molecule has 0 fully saturated rings. The van der Waals surface area contributed by atoms with E-state index in [1.165, 1.54) is 6.07 Å². The van der Waals surface area contributed by atoms with Crippen molar-refractivity contribution in [2.45, 2.75) is 58.3 Å². The molecule has 0 bridgehead atoms. The fourth-order valence-corrected chi connectivity index (χ4v) is 5.35.